The van der Waals surface area contributed by atoms with Crippen LogP contribution in [-0.4, -0.2) is 16.0 Å². The molecule has 0 aliphatic carbocycles. The Morgan fingerprint density at radius 3 is 2.54 bits per heavy atom. The van der Waals surface area contributed by atoms with Crippen molar-refractivity contribution >= 4 is 29.1 Å². The second-order valence-electron chi connectivity index (χ2n) is 5.50. The molecule has 2 aromatic rings. The van der Waals surface area contributed by atoms with Crippen LogP contribution in [0.2, 0.25) is 5.02 Å². The number of aryl methyl sites for hydroxylation is 1. The van der Waals surface area contributed by atoms with Gasteiger partial charge in [0.2, 0.25) is 5.95 Å². The molecule has 0 aliphatic heterocycles. The fourth-order valence-corrected chi connectivity index (χ4v) is 2.08. The van der Waals surface area contributed by atoms with Crippen LogP contribution in [-0.2, 0) is 6.18 Å². The molecule has 2 rings (SSSR count). The zero-order chi connectivity index (χ0) is 17.9. The first kappa shape index (κ1) is 18.3. The summed E-state index contributed by atoms with van der Waals surface area (Å²) >= 11 is 5.94. The number of hydrogen-bond donors (Lipinski definition) is 2. The molecule has 0 amide bonds. The van der Waals surface area contributed by atoms with Crippen molar-refractivity contribution in [1.29, 1.82) is 0 Å². The number of hydrogen-bond acceptors (Lipinski definition) is 4. The lowest BCUT2D eigenvalue weighted by Gasteiger charge is -2.16. The number of halogens is 4. The maximum atomic E-state index is 13.1. The minimum atomic E-state index is -4.56. The smallest absolute Gasteiger partial charge is 0.352 e. The van der Waals surface area contributed by atoms with E-state index in [1.807, 2.05) is 20.8 Å². The summed E-state index contributed by atoms with van der Waals surface area (Å²) in [7, 11) is 0. The standard InChI is InChI=1S/C16H18ClF3N4/c1-4-10(3)21-15-23-13(16(18,19)20)8-14(24-15)22-12-7-11(17)6-5-9(12)2/h5-8,10H,4H2,1-3H3,(H2,21,22,23,24)/t10-/m1/s1. The van der Waals surface area contributed by atoms with Gasteiger partial charge in [0.05, 0.1) is 0 Å². The number of rotatable bonds is 5. The van der Waals surface area contributed by atoms with Gasteiger partial charge in [-0.05, 0) is 38.0 Å². The second-order valence-corrected chi connectivity index (χ2v) is 5.93. The number of anilines is 3. The van der Waals surface area contributed by atoms with Gasteiger partial charge in [-0.15, -0.1) is 0 Å². The summed E-state index contributed by atoms with van der Waals surface area (Å²) in [5.41, 5.74) is 0.414. The van der Waals surface area contributed by atoms with Crippen molar-refractivity contribution in [2.75, 3.05) is 10.6 Å². The zero-order valence-corrected chi connectivity index (χ0v) is 14.3. The molecule has 130 valence electrons. The number of nitrogens with zero attached hydrogens (tertiary/aromatic N) is 2. The molecule has 1 aromatic carbocycles. The first-order valence-electron chi connectivity index (χ1n) is 7.45. The number of benzene rings is 1. The molecule has 1 heterocycles. The number of nitrogens with one attached hydrogen (secondary N) is 2. The van der Waals surface area contributed by atoms with E-state index in [4.69, 9.17) is 11.6 Å². The van der Waals surface area contributed by atoms with Crippen LogP contribution in [0, 0.1) is 6.92 Å². The first-order valence-corrected chi connectivity index (χ1v) is 7.83. The maximum absolute atomic E-state index is 13.1. The molecule has 0 bridgehead atoms. The van der Waals surface area contributed by atoms with Gasteiger partial charge in [-0.2, -0.15) is 18.2 Å². The van der Waals surface area contributed by atoms with Crippen LogP contribution in [0.3, 0.4) is 0 Å². The molecular formula is C16H18ClF3N4. The van der Waals surface area contributed by atoms with Crippen LogP contribution < -0.4 is 10.6 Å². The number of alkyl halides is 3. The van der Waals surface area contributed by atoms with E-state index < -0.39 is 11.9 Å². The summed E-state index contributed by atoms with van der Waals surface area (Å²) in [6, 6.07) is 5.94. The Morgan fingerprint density at radius 2 is 1.92 bits per heavy atom. The van der Waals surface area contributed by atoms with E-state index in [1.165, 1.54) is 0 Å². The van der Waals surface area contributed by atoms with Crippen molar-refractivity contribution in [2.24, 2.45) is 0 Å². The molecule has 0 aliphatic rings. The molecule has 2 N–H and O–H groups in total. The first-order chi connectivity index (χ1) is 11.2. The normalized spacial score (nSPS) is 12.8. The maximum Gasteiger partial charge on any atom is 0.433 e. The zero-order valence-electron chi connectivity index (χ0n) is 13.5. The largest absolute Gasteiger partial charge is 0.433 e. The van der Waals surface area contributed by atoms with Crippen LogP contribution in [0.5, 0.6) is 0 Å². The molecule has 8 heteroatoms. The third-order valence-corrected chi connectivity index (χ3v) is 3.70. The number of aromatic nitrogens is 2. The van der Waals surface area contributed by atoms with E-state index >= 15 is 0 Å². The molecule has 0 radical (unpaired) electrons. The fraction of sp³-hybridized carbons (Fsp3) is 0.375. The molecule has 1 aromatic heterocycles. The minimum Gasteiger partial charge on any atom is -0.352 e. The lowest BCUT2D eigenvalue weighted by atomic mass is 10.2. The summed E-state index contributed by atoms with van der Waals surface area (Å²) in [5, 5.41) is 6.23. The summed E-state index contributed by atoms with van der Waals surface area (Å²) in [4.78, 5) is 7.69. The second kappa shape index (κ2) is 7.25. The van der Waals surface area contributed by atoms with Crippen LogP contribution in [0.4, 0.5) is 30.6 Å². The van der Waals surface area contributed by atoms with Crippen LogP contribution in [0.15, 0.2) is 24.3 Å². The molecular weight excluding hydrogens is 341 g/mol. The van der Waals surface area contributed by atoms with Crippen molar-refractivity contribution < 1.29 is 13.2 Å². The molecule has 0 spiro atoms. The highest BCUT2D eigenvalue weighted by Gasteiger charge is 2.34. The Kier molecular flexibility index (Phi) is 5.54. The predicted octanol–water partition coefficient (Wildman–Crippen LogP) is 5.41. The highest BCUT2D eigenvalue weighted by atomic mass is 35.5. The Morgan fingerprint density at radius 1 is 1.21 bits per heavy atom. The summed E-state index contributed by atoms with van der Waals surface area (Å²) < 4.78 is 39.2. The molecule has 0 fully saturated rings. The van der Waals surface area contributed by atoms with Gasteiger partial charge in [0.25, 0.3) is 0 Å². The van der Waals surface area contributed by atoms with Crippen molar-refractivity contribution in [2.45, 2.75) is 39.4 Å². The molecule has 0 saturated carbocycles. The molecule has 4 nitrogen and oxygen atoms in total. The summed E-state index contributed by atoms with van der Waals surface area (Å²) in [6.07, 6.45) is -3.83. The lowest BCUT2D eigenvalue weighted by molar-refractivity contribution is -0.141. The van der Waals surface area contributed by atoms with Gasteiger partial charge in [-0.3, -0.25) is 0 Å². The van der Waals surface area contributed by atoms with Crippen molar-refractivity contribution in [3.05, 3.63) is 40.5 Å². The molecule has 24 heavy (non-hydrogen) atoms. The predicted molar refractivity (Wildman–Crippen MR) is 89.9 cm³/mol. The molecule has 0 saturated heterocycles. The van der Waals surface area contributed by atoms with E-state index in [1.54, 1.807) is 18.2 Å². The van der Waals surface area contributed by atoms with Crippen LogP contribution >= 0.6 is 11.6 Å². The Labute approximate surface area is 143 Å². The lowest BCUT2D eigenvalue weighted by Crippen LogP contribution is -2.18. The average Bonchev–Trinajstić information content (AvgIpc) is 2.49. The van der Waals surface area contributed by atoms with Crippen molar-refractivity contribution in [1.82, 2.24) is 9.97 Å². The van der Waals surface area contributed by atoms with Gasteiger partial charge in [0.1, 0.15) is 5.82 Å². The van der Waals surface area contributed by atoms with Gasteiger partial charge in [-0.25, -0.2) is 4.98 Å². The highest BCUT2D eigenvalue weighted by molar-refractivity contribution is 6.30. The van der Waals surface area contributed by atoms with Crippen molar-refractivity contribution in [3.63, 3.8) is 0 Å². The third kappa shape index (κ3) is 4.74. The SMILES string of the molecule is CC[C@@H](C)Nc1nc(Nc2cc(Cl)ccc2C)cc(C(F)(F)F)n1. The van der Waals surface area contributed by atoms with E-state index in [9.17, 15) is 13.2 Å². The van der Waals surface area contributed by atoms with Crippen LogP contribution in [0.1, 0.15) is 31.5 Å². The highest BCUT2D eigenvalue weighted by Crippen LogP contribution is 2.31. The molecule has 0 unspecified atom stereocenters. The summed E-state index contributed by atoms with van der Waals surface area (Å²) in [6.45, 7) is 5.58. The molecule has 1 atom stereocenters. The van der Waals surface area contributed by atoms with E-state index in [2.05, 4.69) is 20.6 Å². The van der Waals surface area contributed by atoms with Crippen LogP contribution in [0.25, 0.3) is 0 Å². The van der Waals surface area contributed by atoms with Gasteiger partial charge in [0.15, 0.2) is 5.69 Å². The Hall–Kier alpha value is -2.02. The monoisotopic (exact) mass is 358 g/mol. The quantitative estimate of drug-likeness (QED) is 0.750. The van der Waals surface area contributed by atoms with E-state index in [-0.39, 0.29) is 17.8 Å². The van der Waals surface area contributed by atoms with Gasteiger partial charge in [0, 0.05) is 22.8 Å². The fourth-order valence-electron chi connectivity index (χ4n) is 1.91. The minimum absolute atomic E-state index is 0.0470. The average molecular weight is 359 g/mol. The Balaban J connectivity index is 2.40. The Bertz CT molecular complexity index is 719. The van der Waals surface area contributed by atoms with Gasteiger partial charge in [-0.1, -0.05) is 24.6 Å². The third-order valence-electron chi connectivity index (χ3n) is 3.47. The van der Waals surface area contributed by atoms with Gasteiger partial charge >= 0.3 is 6.18 Å². The van der Waals surface area contributed by atoms with Crippen molar-refractivity contribution in [3.8, 4) is 0 Å². The van der Waals surface area contributed by atoms with Gasteiger partial charge < -0.3 is 10.6 Å². The summed E-state index contributed by atoms with van der Waals surface area (Å²) in [5.74, 6) is -0.0187. The van der Waals surface area contributed by atoms with E-state index in [0.717, 1.165) is 18.1 Å². The topological polar surface area (TPSA) is 49.8 Å². The van der Waals surface area contributed by atoms with E-state index in [0.29, 0.717) is 10.7 Å².